The topological polar surface area (TPSA) is 58.4 Å². The second kappa shape index (κ2) is 8.08. The van der Waals surface area contributed by atoms with Gasteiger partial charge in [-0.05, 0) is 17.7 Å². The lowest BCUT2D eigenvalue weighted by atomic mass is 10.2. The number of amides is 1. The largest absolute Gasteiger partial charge is 0.378 e. The van der Waals surface area contributed by atoms with Gasteiger partial charge in [0.1, 0.15) is 0 Å². The summed E-state index contributed by atoms with van der Waals surface area (Å²) in [6, 6.07) is 8.21. The lowest BCUT2D eigenvalue weighted by Gasteiger charge is -2.28. The van der Waals surface area contributed by atoms with Gasteiger partial charge in [0.15, 0.2) is 6.54 Å². The van der Waals surface area contributed by atoms with E-state index in [1.807, 2.05) is 12.1 Å². The molecule has 1 aromatic rings. The van der Waals surface area contributed by atoms with Gasteiger partial charge in [0.05, 0.1) is 32.5 Å². The molecule has 0 saturated carbocycles. The highest BCUT2D eigenvalue weighted by Gasteiger charge is 2.18. The molecule has 2 aliphatic heterocycles. The van der Waals surface area contributed by atoms with E-state index in [0.717, 1.165) is 45.0 Å². The summed E-state index contributed by atoms with van der Waals surface area (Å²) in [5.41, 5.74) is 4.80. The molecule has 1 amide bonds. The number of ether oxygens (including phenoxy) is 1. The number of hydrogen-bond acceptors (Lipinski definition) is 4. The average molecular weight is 317 g/mol. The molecule has 2 N–H and O–H groups in total. The molecule has 0 aromatic heterocycles. The Bertz CT molecular complexity index is 532. The SMILES string of the molecule is O=C(C[NH+]1CCCC1)N/N=C\c1ccc(N2CCOCC2)cc1. The van der Waals surface area contributed by atoms with E-state index in [2.05, 4.69) is 27.6 Å². The Kier molecular flexibility index (Phi) is 5.60. The smallest absolute Gasteiger partial charge is 0.295 e. The van der Waals surface area contributed by atoms with Crippen LogP contribution in [0.3, 0.4) is 0 Å². The fourth-order valence-electron chi connectivity index (χ4n) is 3.09. The number of quaternary nitrogens is 1. The summed E-state index contributed by atoms with van der Waals surface area (Å²) in [7, 11) is 0. The number of hydrazone groups is 1. The molecule has 2 saturated heterocycles. The molecule has 2 aliphatic rings. The Hall–Kier alpha value is -1.92. The van der Waals surface area contributed by atoms with Gasteiger partial charge in [-0.15, -0.1) is 0 Å². The molecule has 2 heterocycles. The number of benzene rings is 1. The van der Waals surface area contributed by atoms with Gasteiger partial charge in [0.25, 0.3) is 5.91 Å². The van der Waals surface area contributed by atoms with Gasteiger partial charge in [-0.25, -0.2) is 5.43 Å². The highest BCUT2D eigenvalue weighted by atomic mass is 16.5. The van der Waals surface area contributed by atoms with Crippen molar-refractivity contribution < 1.29 is 14.4 Å². The van der Waals surface area contributed by atoms with E-state index in [1.54, 1.807) is 6.21 Å². The molecule has 6 nitrogen and oxygen atoms in total. The van der Waals surface area contributed by atoms with Crippen LogP contribution in [0.25, 0.3) is 0 Å². The van der Waals surface area contributed by atoms with Crippen LogP contribution in [-0.2, 0) is 9.53 Å². The van der Waals surface area contributed by atoms with Crippen molar-refractivity contribution in [1.82, 2.24) is 5.43 Å². The minimum absolute atomic E-state index is 0.0110. The van der Waals surface area contributed by atoms with Crippen LogP contribution in [0.2, 0.25) is 0 Å². The van der Waals surface area contributed by atoms with Crippen molar-refractivity contribution in [3.63, 3.8) is 0 Å². The number of hydrogen-bond donors (Lipinski definition) is 2. The van der Waals surface area contributed by atoms with Gasteiger partial charge in [-0.3, -0.25) is 4.79 Å². The molecule has 3 rings (SSSR count). The summed E-state index contributed by atoms with van der Waals surface area (Å²) in [5, 5.41) is 4.05. The third kappa shape index (κ3) is 4.77. The maximum Gasteiger partial charge on any atom is 0.295 e. The molecule has 23 heavy (non-hydrogen) atoms. The molecular weight excluding hydrogens is 292 g/mol. The number of morpholine rings is 1. The van der Waals surface area contributed by atoms with Crippen LogP contribution < -0.4 is 15.2 Å². The number of rotatable bonds is 5. The number of nitrogens with zero attached hydrogens (tertiary/aromatic N) is 2. The summed E-state index contributed by atoms with van der Waals surface area (Å²) in [4.78, 5) is 15.5. The summed E-state index contributed by atoms with van der Waals surface area (Å²) in [5.74, 6) is -0.0110. The first-order chi connectivity index (χ1) is 11.3. The molecule has 0 aliphatic carbocycles. The van der Waals surface area contributed by atoms with Crippen LogP contribution in [0.15, 0.2) is 29.4 Å². The van der Waals surface area contributed by atoms with Crippen molar-refractivity contribution in [1.29, 1.82) is 0 Å². The summed E-state index contributed by atoms with van der Waals surface area (Å²) < 4.78 is 5.36. The zero-order valence-corrected chi connectivity index (χ0v) is 13.5. The van der Waals surface area contributed by atoms with Crippen molar-refractivity contribution in [3.05, 3.63) is 29.8 Å². The number of likely N-dealkylation sites (tertiary alicyclic amines) is 1. The van der Waals surface area contributed by atoms with E-state index in [-0.39, 0.29) is 5.91 Å². The van der Waals surface area contributed by atoms with E-state index in [9.17, 15) is 4.79 Å². The van der Waals surface area contributed by atoms with Crippen LogP contribution in [0.5, 0.6) is 0 Å². The normalized spacial score (nSPS) is 19.4. The minimum Gasteiger partial charge on any atom is -0.378 e. The second-order valence-corrected chi connectivity index (χ2v) is 6.12. The molecule has 124 valence electrons. The Morgan fingerprint density at radius 1 is 1.22 bits per heavy atom. The van der Waals surface area contributed by atoms with Crippen LogP contribution >= 0.6 is 0 Å². The van der Waals surface area contributed by atoms with E-state index in [0.29, 0.717) is 6.54 Å². The predicted molar refractivity (Wildman–Crippen MR) is 90.0 cm³/mol. The van der Waals surface area contributed by atoms with Crippen molar-refractivity contribution in [2.75, 3.05) is 50.8 Å². The zero-order valence-electron chi connectivity index (χ0n) is 13.5. The van der Waals surface area contributed by atoms with Crippen LogP contribution in [0.4, 0.5) is 5.69 Å². The Morgan fingerprint density at radius 3 is 2.61 bits per heavy atom. The first-order valence-corrected chi connectivity index (χ1v) is 8.39. The van der Waals surface area contributed by atoms with Gasteiger partial charge >= 0.3 is 0 Å². The lowest BCUT2D eigenvalue weighted by molar-refractivity contribution is -0.879. The van der Waals surface area contributed by atoms with E-state index >= 15 is 0 Å². The van der Waals surface area contributed by atoms with Crippen molar-refractivity contribution in [3.8, 4) is 0 Å². The third-order valence-corrected chi connectivity index (χ3v) is 4.39. The Labute approximate surface area is 137 Å². The van der Waals surface area contributed by atoms with E-state index in [1.165, 1.54) is 23.4 Å². The second-order valence-electron chi connectivity index (χ2n) is 6.12. The molecule has 1 aromatic carbocycles. The fraction of sp³-hybridized carbons (Fsp3) is 0.529. The number of carbonyl (C=O) groups excluding carboxylic acids is 1. The summed E-state index contributed by atoms with van der Waals surface area (Å²) in [6.07, 6.45) is 4.14. The third-order valence-electron chi connectivity index (χ3n) is 4.39. The van der Waals surface area contributed by atoms with Crippen molar-refractivity contribution in [2.45, 2.75) is 12.8 Å². The zero-order chi connectivity index (χ0) is 15.9. The van der Waals surface area contributed by atoms with E-state index in [4.69, 9.17) is 4.74 Å². The molecule has 0 bridgehead atoms. The molecule has 6 heteroatoms. The van der Waals surface area contributed by atoms with E-state index < -0.39 is 0 Å². The minimum atomic E-state index is -0.0110. The summed E-state index contributed by atoms with van der Waals surface area (Å²) >= 11 is 0. The molecular formula is C17H25N4O2+. The molecule has 0 atom stereocenters. The van der Waals surface area contributed by atoms with Gasteiger partial charge < -0.3 is 14.5 Å². The van der Waals surface area contributed by atoms with Crippen LogP contribution in [0.1, 0.15) is 18.4 Å². The van der Waals surface area contributed by atoms with Gasteiger partial charge in [-0.2, -0.15) is 5.10 Å². The summed E-state index contributed by atoms with van der Waals surface area (Å²) in [6.45, 7) is 6.15. The maximum atomic E-state index is 11.8. The lowest BCUT2D eigenvalue weighted by Crippen LogP contribution is -3.11. The Balaban J connectivity index is 1.46. The monoisotopic (exact) mass is 317 g/mol. The first-order valence-electron chi connectivity index (χ1n) is 8.39. The van der Waals surface area contributed by atoms with Crippen molar-refractivity contribution >= 4 is 17.8 Å². The number of nitrogens with one attached hydrogen (secondary N) is 2. The average Bonchev–Trinajstić information content (AvgIpc) is 3.09. The number of carbonyl (C=O) groups is 1. The Morgan fingerprint density at radius 2 is 1.91 bits per heavy atom. The van der Waals surface area contributed by atoms with Crippen LogP contribution in [-0.4, -0.2) is 58.1 Å². The van der Waals surface area contributed by atoms with Gasteiger partial charge in [0, 0.05) is 31.6 Å². The highest BCUT2D eigenvalue weighted by Crippen LogP contribution is 2.15. The van der Waals surface area contributed by atoms with Crippen LogP contribution in [0, 0.1) is 0 Å². The molecule has 0 radical (unpaired) electrons. The predicted octanol–water partition coefficient (Wildman–Crippen LogP) is -0.348. The number of anilines is 1. The first kappa shape index (κ1) is 16.0. The van der Waals surface area contributed by atoms with Gasteiger partial charge in [-0.1, -0.05) is 12.1 Å². The molecule has 2 fully saturated rings. The maximum absolute atomic E-state index is 11.8. The fourth-order valence-corrected chi connectivity index (χ4v) is 3.09. The highest BCUT2D eigenvalue weighted by molar-refractivity contribution is 5.83. The molecule has 0 spiro atoms. The molecule has 0 unspecified atom stereocenters. The van der Waals surface area contributed by atoms with Gasteiger partial charge in [0.2, 0.25) is 0 Å². The van der Waals surface area contributed by atoms with Crippen molar-refractivity contribution in [2.24, 2.45) is 5.10 Å². The quantitative estimate of drug-likeness (QED) is 0.577. The standard InChI is InChI=1S/C17H24N4O2/c22-17(14-20-7-1-2-8-20)19-18-13-15-3-5-16(6-4-15)21-9-11-23-12-10-21/h3-6,13H,1-2,7-12,14H2,(H,19,22)/p+1/b18-13-.